The molecule has 0 aromatic heterocycles. The summed E-state index contributed by atoms with van der Waals surface area (Å²) < 4.78 is 34.4. The molecule has 0 radical (unpaired) electrons. The summed E-state index contributed by atoms with van der Waals surface area (Å²) in [5.74, 6) is -0.844. The van der Waals surface area contributed by atoms with Gasteiger partial charge in [0.25, 0.3) is 0 Å². The largest absolute Gasteiger partial charge is 0.472 e. The molecule has 2 N–H and O–H groups in total. The zero-order valence-electron chi connectivity index (χ0n) is 40.0. The third kappa shape index (κ3) is 46.0. The van der Waals surface area contributed by atoms with Crippen molar-refractivity contribution in [3.05, 3.63) is 36.5 Å². The summed E-state index contributed by atoms with van der Waals surface area (Å²) in [7, 11) is 1.43. The van der Waals surface area contributed by atoms with Crippen LogP contribution in [0.4, 0.5) is 0 Å². The molecule has 0 spiro atoms. The van der Waals surface area contributed by atoms with Gasteiger partial charge in [-0.3, -0.25) is 18.6 Å². The monoisotopic (exact) mass is 885 g/mol. The van der Waals surface area contributed by atoms with Crippen molar-refractivity contribution in [2.45, 2.75) is 225 Å². The fourth-order valence-electron chi connectivity index (χ4n) is 6.87. The van der Waals surface area contributed by atoms with Gasteiger partial charge in [0.2, 0.25) is 0 Å². The van der Waals surface area contributed by atoms with E-state index in [0.717, 1.165) is 57.8 Å². The van der Waals surface area contributed by atoms with Crippen LogP contribution < -0.4 is 0 Å². The Morgan fingerprint density at radius 1 is 0.590 bits per heavy atom. The fraction of sp³-hybridized carbons (Fsp3) is 0.840. The number of likely N-dealkylation sites (N-methyl/N-ethyl adjacent to an activating group) is 1. The van der Waals surface area contributed by atoms with E-state index in [-0.39, 0.29) is 32.0 Å². The van der Waals surface area contributed by atoms with Crippen molar-refractivity contribution in [3.63, 3.8) is 0 Å². The number of unbranched alkanes of at least 4 members (excludes halogenated alkanes) is 25. The first-order valence-electron chi connectivity index (χ1n) is 24.8. The Morgan fingerprint density at radius 3 is 1.56 bits per heavy atom. The molecule has 0 aliphatic heterocycles. The summed E-state index contributed by atoms with van der Waals surface area (Å²) in [6.07, 6.45) is 45.3. The number of ether oxygens (including phenoxy) is 2. The summed E-state index contributed by atoms with van der Waals surface area (Å²) in [5.41, 5.74) is 0. The van der Waals surface area contributed by atoms with E-state index < -0.39 is 32.6 Å². The lowest BCUT2D eigenvalue weighted by Gasteiger charge is -2.24. The molecule has 0 bridgehead atoms. The van der Waals surface area contributed by atoms with Crippen molar-refractivity contribution in [1.82, 2.24) is 0 Å². The van der Waals surface area contributed by atoms with Gasteiger partial charge in [-0.15, -0.1) is 0 Å². The Morgan fingerprint density at radius 2 is 1.07 bits per heavy atom. The number of phosphoric ester groups is 1. The average molecular weight is 885 g/mol. The summed E-state index contributed by atoms with van der Waals surface area (Å²) in [6.45, 7) is 4.20. The summed E-state index contributed by atoms with van der Waals surface area (Å²) in [6, 6.07) is 0. The quantitative estimate of drug-likeness (QED) is 0.0153. The van der Waals surface area contributed by atoms with Crippen LogP contribution in [0.1, 0.15) is 213 Å². The number of hydrogen-bond donors (Lipinski definition) is 2. The molecule has 10 nitrogen and oxygen atoms in total. The zero-order chi connectivity index (χ0) is 45.1. The molecule has 0 aliphatic rings. The fourth-order valence-corrected chi connectivity index (χ4v) is 7.62. The highest BCUT2D eigenvalue weighted by Crippen LogP contribution is 2.43. The van der Waals surface area contributed by atoms with Crippen LogP contribution in [0.5, 0.6) is 0 Å². The van der Waals surface area contributed by atoms with Gasteiger partial charge in [-0.1, -0.05) is 198 Å². The molecular formula is C50H95NO9P+. The van der Waals surface area contributed by atoms with Crippen LogP contribution >= 0.6 is 7.82 Å². The second-order valence-corrected chi connectivity index (χ2v) is 19.5. The van der Waals surface area contributed by atoms with Crippen molar-refractivity contribution < 1.29 is 47.2 Å². The highest BCUT2D eigenvalue weighted by Gasteiger charge is 2.27. The van der Waals surface area contributed by atoms with Crippen LogP contribution in [0.3, 0.4) is 0 Å². The maximum Gasteiger partial charge on any atom is 0.472 e. The molecule has 0 fully saturated rings. The lowest BCUT2D eigenvalue weighted by Crippen LogP contribution is -2.37. The molecule has 0 aromatic rings. The molecule has 0 heterocycles. The van der Waals surface area contributed by atoms with Gasteiger partial charge in [-0.2, -0.15) is 0 Å². The Kier molecular flexibility index (Phi) is 40.9. The smallest absolute Gasteiger partial charge is 0.462 e. The number of allylic oxidation sites excluding steroid dienone is 4. The minimum Gasteiger partial charge on any atom is -0.462 e. The van der Waals surface area contributed by atoms with Crippen molar-refractivity contribution in [3.8, 4) is 0 Å². The number of esters is 2. The van der Waals surface area contributed by atoms with Gasteiger partial charge in [-0.05, 0) is 38.5 Å². The lowest BCUT2D eigenvalue weighted by atomic mass is 10.0. The molecule has 2 unspecified atom stereocenters. The predicted octanol–water partition coefficient (Wildman–Crippen LogP) is 13.4. The molecule has 358 valence electrons. The lowest BCUT2D eigenvalue weighted by molar-refractivity contribution is -0.870. The number of hydrogen-bond acceptors (Lipinski definition) is 8. The van der Waals surface area contributed by atoms with E-state index in [1.165, 1.54) is 116 Å². The number of aliphatic hydroxyl groups excluding tert-OH is 1. The highest BCUT2D eigenvalue weighted by atomic mass is 31.2. The maximum absolute atomic E-state index is 12.7. The number of quaternary nitrogens is 1. The first-order chi connectivity index (χ1) is 29.4. The van der Waals surface area contributed by atoms with E-state index in [2.05, 4.69) is 26.0 Å². The van der Waals surface area contributed by atoms with Crippen LogP contribution in [0.25, 0.3) is 0 Å². The first-order valence-corrected chi connectivity index (χ1v) is 26.3. The Hall–Kier alpha value is -1.81. The van der Waals surface area contributed by atoms with E-state index in [9.17, 15) is 24.2 Å². The average Bonchev–Trinajstić information content (AvgIpc) is 3.21. The topological polar surface area (TPSA) is 129 Å². The van der Waals surface area contributed by atoms with Crippen molar-refractivity contribution in [2.24, 2.45) is 0 Å². The second kappa shape index (κ2) is 42.2. The Bertz CT molecular complexity index is 1150. The molecule has 0 saturated carbocycles. The number of rotatable bonds is 45. The van der Waals surface area contributed by atoms with Gasteiger partial charge in [0.1, 0.15) is 19.8 Å². The van der Waals surface area contributed by atoms with Crippen LogP contribution in [0.15, 0.2) is 36.5 Å². The standard InChI is InChI=1S/C50H94NO9P/c1-6-8-10-11-12-13-14-15-16-17-18-19-20-21-22-23-24-27-30-33-37-41-49(53)57-45-48(46-59-61(55,56)58-44-43-51(3,4)5)60-50(54)42-38-34-31-28-25-26-29-32-36-40-47(52)39-35-9-7-2/h9,29,32,35-36,40,47-48,52H,6-8,10-28,30-31,33-34,37-39,41-46H2,1-5H3/p+1/b32-29+,35-9+,40-36+/t47?,48-/m1/s1. The number of carbonyl (C=O) groups is 2. The molecule has 11 heteroatoms. The van der Waals surface area contributed by atoms with Gasteiger partial charge in [-0.25, -0.2) is 4.57 Å². The third-order valence-electron chi connectivity index (χ3n) is 10.8. The predicted molar refractivity (Wildman–Crippen MR) is 253 cm³/mol. The molecule has 0 saturated heterocycles. The Balaban J connectivity index is 4.27. The zero-order valence-corrected chi connectivity index (χ0v) is 40.9. The number of nitrogens with zero attached hydrogens (tertiary/aromatic N) is 1. The van der Waals surface area contributed by atoms with E-state index in [1.807, 2.05) is 39.4 Å². The van der Waals surface area contributed by atoms with Crippen LogP contribution in [-0.2, 0) is 32.7 Å². The van der Waals surface area contributed by atoms with Gasteiger partial charge in [0, 0.05) is 12.8 Å². The van der Waals surface area contributed by atoms with Crippen molar-refractivity contribution in [2.75, 3.05) is 47.5 Å². The second-order valence-electron chi connectivity index (χ2n) is 18.0. The van der Waals surface area contributed by atoms with Gasteiger partial charge < -0.3 is 24.0 Å². The Labute approximate surface area is 374 Å². The molecule has 0 aliphatic carbocycles. The molecule has 0 rings (SSSR count). The number of phosphoric acid groups is 1. The van der Waals surface area contributed by atoms with E-state index in [1.54, 1.807) is 6.08 Å². The van der Waals surface area contributed by atoms with E-state index in [4.69, 9.17) is 18.5 Å². The molecular weight excluding hydrogens is 790 g/mol. The number of aliphatic hydroxyl groups is 1. The van der Waals surface area contributed by atoms with Gasteiger partial charge in [0.05, 0.1) is 33.9 Å². The highest BCUT2D eigenvalue weighted by molar-refractivity contribution is 7.47. The molecule has 0 aromatic carbocycles. The van der Waals surface area contributed by atoms with Gasteiger partial charge >= 0.3 is 19.8 Å². The SMILES string of the molecule is CC/C=C/CC(O)/C=C/C=C/CCCCCCCC(=O)O[C@H](COC(=O)CCCCCCCCCCCCCCCCCCCCCCC)COP(=O)(O)OCC[N+](C)(C)C. The molecule has 3 atom stereocenters. The molecule has 0 amide bonds. The van der Waals surface area contributed by atoms with Crippen molar-refractivity contribution in [1.29, 1.82) is 0 Å². The van der Waals surface area contributed by atoms with Crippen LogP contribution in [-0.4, -0.2) is 86.1 Å². The maximum atomic E-state index is 12.7. The third-order valence-corrected chi connectivity index (χ3v) is 11.7. The minimum atomic E-state index is -4.40. The summed E-state index contributed by atoms with van der Waals surface area (Å²) in [4.78, 5) is 35.5. The summed E-state index contributed by atoms with van der Waals surface area (Å²) in [5, 5.41) is 9.90. The number of carbonyl (C=O) groups excluding carboxylic acids is 2. The summed E-state index contributed by atoms with van der Waals surface area (Å²) >= 11 is 0. The minimum absolute atomic E-state index is 0.0187. The normalized spacial score (nSPS) is 14.3. The first kappa shape index (κ1) is 59.2. The van der Waals surface area contributed by atoms with Crippen molar-refractivity contribution >= 4 is 19.8 Å². The van der Waals surface area contributed by atoms with Crippen LogP contribution in [0.2, 0.25) is 0 Å². The van der Waals surface area contributed by atoms with Gasteiger partial charge in [0.15, 0.2) is 6.10 Å². The van der Waals surface area contributed by atoms with E-state index in [0.29, 0.717) is 23.9 Å². The van der Waals surface area contributed by atoms with Crippen LogP contribution in [0, 0.1) is 0 Å². The molecule has 61 heavy (non-hydrogen) atoms. The van der Waals surface area contributed by atoms with E-state index >= 15 is 0 Å².